The topological polar surface area (TPSA) is 0 Å². The Morgan fingerprint density at radius 1 is 1.25 bits per heavy atom. The first kappa shape index (κ1) is 8.82. The second kappa shape index (κ2) is 9.51. The first-order valence-electron chi connectivity index (χ1n) is 0.228. The Bertz CT molecular complexity index is 6.00. The molecule has 0 atom stereocenters. The summed E-state index contributed by atoms with van der Waals surface area (Å²) in [6.07, 6.45) is 0. The zero-order valence-electron chi connectivity index (χ0n) is 1.06. The van der Waals surface area contributed by atoms with Crippen molar-refractivity contribution >= 4 is 11.0 Å². The van der Waals surface area contributed by atoms with Gasteiger partial charge in [-0.25, -0.2) is 0 Å². The predicted molar refractivity (Wildman–Crippen MR) is 13.5 cm³/mol. The van der Waals surface area contributed by atoms with Crippen molar-refractivity contribution in [3.8, 4) is 0 Å². The molecule has 0 aliphatic heterocycles. The maximum atomic E-state index is 9.53. The summed E-state index contributed by atoms with van der Waals surface area (Å²) in [7, 11) is 0. The molecule has 0 rings (SSSR count). The third kappa shape index (κ3) is 18.6. The van der Waals surface area contributed by atoms with Crippen LogP contribution in [-0.2, 0) is 15.9 Å². The molecule has 0 heterocycles. The van der Waals surface area contributed by atoms with Crippen molar-refractivity contribution in [3.05, 3.63) is 0 Å². The Kier molecular flexibility index (Phi) is 21.0. The third-order valence-corrected chi connectivity index (χ3v) is 0. The smallest absolute Gasteiger partial charge is 0.0149 e. The zero-order chi connectivity index (χ0) is 2.71. The van der Waals surface area contributed by atoms with E-state index in [9.17, 15) is 7.10 Å². The predicted octanol–water partition coefficient (Wildman–Crippen LogP) is -0.614. The van der Waals surface area contributed by atoms with Crippen molar-refractivity contribution in [2.24, 2.45) is 0 Å². The summed E-state index contributed by atoms with van der Waals surface area (Å²) in [5.74, 6) is 0. The molecule has 0 unspecified atom stereocenters. The molecule has 0 nitrogen and oxygen atoms in total. The average Bonchev–Trinajstić information content (AvgIpc) is 0.918. The molecule has 0 aliphatic rings. The minimum atomic E-state index is -1.19. The van der Waals surface area contributed by atoms with Gasteiger partial charge in [0.2, 0.25) is 0 Å². The van der Waals surface area contributed by atoms with Gasteiger partial charge in [-0.05, 0) is 11.0 Å². The van der Waals surface area contributed by atoms with Crippen LogP contribution >= 0.6 is 0 Å². The maximum absolute atomic E-state index is 9.53. The fourth-order valence-corrected chi connectivity index (χ4v) is 0. The minimum absolute atomic E-state index is 0. The van der Waals surface area contributed by atoms with Gasteiger partial charge in [0.25, 0.3) is 0 Å². The molecule has 4 heavy (non-hydrogen) atoms. The van der Waals surface area contributed by atoms with Crippen molar-refractivity contribution in [1.29, 1.82) is 0 Å². The summed E-state index contributed by atoms with van der Waals surface area (Å²) in [6.45, 7) is 0. The van der Waals surface area contributed by atoms with Gasteiger partial charge in [0.1, 0.15) is 0 Å². The average molecular weight is 134 g/mol. The van der Waals surface area contributed by atoms with Crippen LogP contribution in [0.2, 0.25) is 0 Å². The molecule has 4 heteroatoms. The fourth-order valence-electron chi connectivity index (χ4n) is 0. The van der Waals surface area contributed by atoms with Crippen LogP contribution in [-0.4, -0.2) is 11.0 Å². The first-order valence-corrected chi connectivity index (χ1v) is 0.940. The molecule has 0 aliphatic carbocycles. The largest absolute Gasteiger partial charge is 0.0149 e. The molecule has 0 saturated heterocycles. The van der Waals surface area contributed by atoms with E-state index in [1.165, 1.54) is 0 Å². The fraction of sp³-hybridized carbons (Fsp3) is 0. The van der Waals surface area contributed by atoms with E-state index in [1.54, 1.807) is 0 Å². The van der Waals surface area contributed by atoms with Crippen LogP contribution in [0.5, 0.6) is 0 Å². The van der Waals surface area contributed by atoms with Gasteiger partial charge < -0.3 is 0 Å². The monoisotopic (exact) mass is 133 g/mol. The standard InChI is InChI=1S/Cu.2FH.H4Si/h;2*1H;1H4/q+2;;;/p-2. The molecule has 33 valence electrons. The summed E-state index contributed by atoms with van der Waals surface area (Å²) in [5.41, 5.74) is 0. The summed E-state index contributed by atoms with van der Waals surface area (Å²) in [5, 5.41) is 0. The van der Waals surface area contributed by atoms with Gasteiger partial charge in [-0.1, -0.05) is 0 Å². The number of hydrogen-bond donors (Lipinski definition) is 0. The number of halogens is 2. The SMILES string of the molecule is [F][Cu][F].[SiH4]. The van der Waals surface area contributed by atoms with Crippen molar-refractivity contribution < 1.29 is 23.0 Å². The Morgan fingerprint density at radius 2 is 1.25 bits per heavy atom. The maximum Gasteiger partial charge on any atom is -0.0149 e. The molecular formula is H4CuF2Si. The van der Waals surface area contributed by atoms with Gasteiger partial charge in [-0.15, -0.1) is 0 Å². The van der Waals surface area contributed by atoms with Crippen molar-refractivity contribution in [2.75, 3.05) is 0 Å². The molecular weight excluding hydrogens is 130 g/mol. The van der Waals surface area contributed by atoms with E-state index in [4.69, 9.17) is 0 Å². The van der Waals surface area contributed by atoms with Gasteiger partial charge in [-0.3, -0.25) is 0 Å². The van der Waals surface area contributed by atoms with E-state index in [0.717, 1.165) is 0 Å². The normalized spacial score (nSPS) is 5.50. The molecule has 0 radical (unpaired) electrons. The molecule has 0 aromatic heterocycles. The van der Waals surface area contributed by atoms with E-state index < -0.39 is 15.9 Å². The molecule has 0 bridgehead atoms. The molecule has 0 spiro atoms. The van der Waals surface area contributed by atoms with Crippen molar-refractivity contribution in [1.82, 2.24) is 0 Å². The van der Waals surface area contributed by atoms with Crippen LogP contribution in [0.1, 0.15) is 0 Å². The molecule has 0 aromatic carbocycles. The number of hydrogen-bond acceptors (Lipinski definition) is 0. The van der Waals surface area contributed by atoms with Crippen molar-refractivity contribution in [2.45, 2.75) is 0 Å². The van der Waals surface area contributed by atoms with Gasteiger partial charge >= 0.3 is 23.0 Å². The van der Waals surface area contributed by atoms with Gasteiger partial charge in [0.05, 0.1) is 0 Å². The van der Waals surface area contributed by atoms with E-state index in [1.807, 2.05) is 0 Å². The quantitative estimate of drug-likeness (QED) is 0.387. The molecule has 0 fully saturated rings. The van der Waals surface area contributed by atoms with Gasteiger partial charge in [0.15, 0.2) is 0 Å². The van der Waals surface area contributed by atoms with Crippen LogP contribution in [0.25, 0.3) is 0 Å². The molecule has 0 saturated carbocycles. The van der Waals surface area contributed by atoms with Gasteiger partial charge in [-0.2, -0.15) is 0 Å². The molecule has 0 amide bonds. The van der Waals surface area contributed by atoms with Crippen LogP contribution < -0.4 is 0 Å². The van der Waals surface area contributed by atoms with Crippen LogP contribution in [0.15, 0.2) is 0 Å². The Hall–Kier alpha value is 0.596. The van der Waals surface area contributed by atoms with E-state index in [0.29, 0.717) is 0 Å². The van der Waals surface area contributed by atoms with Crippen molar-refractivity contribution in [3.63, 3.8) is 0 Å². The van der Waals surface area contributed by atoms with Crippen LogP contribution in [0.4, 0.5) is 7.10 Å². The summed E-state index contributed by atoms with van der Waals surface area (Å²) in [4.78, 5) is 0. The third-order valence-electron chi connectivity index (χ3n) is 0. The second-order valence-electron chi connectivity index (χ2n) is 0.0431. The minimum Gasteiger partial charge on any atom is -0.0149 e. The summed E-state index contributed by atoms with van der Waals surface area (Å²) in [6, 6.07) is 0. The Balaban J connectivity index is 0. The first-order chi connectivity index (χ1) is 1.41. The van der Waals surface area contributed by atoms with E-state index in [2.05, 4.69) is 0 Å². The molecule has 0 N–H and O–H groups in total. The van der Waals surface area contributed by atoms with E-state index in [-0.39, 0.29) is 11.0 Å². The van der Waals surface area contributed by atoms with Gasteiger partial charge in [0, 0.05) is 0 Å². The Morgan fingerprint density at radius 3 is 1.25 bits per heavy atom. The summed E-state index contributed by atoms with van der Waals surface area (Å²) < 4.78 is 19.1. The Labute approximate surface area is 34.7 Å². The summed E-state index contributed by atoms with van der Waals surface area (Å²) >= 11 is -1.19. The zero-order valence-corrected chi connectivity index (χ0v) is 2.00. The second-order valence-corrected chi connectivity index (χ2v) is 0.178. The van der Waals surface area contributed by atoms with E-state index >= 15 is 0 Å². The van der Waals surface area contributed by atoms with Crippen LogP contribution in [0.3, 0.4) is 0 Å². The van der Waals surface area contributed by atoms with Crippen LogP contribution in [0, 0.1) is 0 Å². The number of rotatable bonds is 0. The molecule has 0 aromatic rings.